The van der Waals surface area contributed by atoms with E-state index in [-0.39, 0.29) is 25.7 Å². The molecule has 0 rings (SSSR count). The maximum Gasteiger partial charge on any atom is 0.472 e. The second-order valence-corrected chi connectivity index (χ2v) is 31.6. The van der Waals surface area contributed by atoms with Crippen molar-refractivity contribution in [1.82, 2.24) is 0 Å². The van der Waals surface area contributed by atoms with Crippen molar-refractivity contribution < 1.29 is 80.2 Å². The molecule has 0 aliphatic rings. The van der Waals surface area contributed by atoms with Gasteiger partial charge in [-0.3, -0.25) is 37.3 Å². The van der Waals surface area contributed by atoms with E-state index in [1.54, 1.807) is 0 Å². The van der Waals surface area contributed by atoms with Gasteiger partial charge in [-0.25, -0.2) is 9.13 Å². The average molecular weight is 1410 g/mol. The van der Waals surface area contributed by atoms with E-state index in [0.29, 0.717) is 31.6 Å². The average Bonchev–Trinajstić information content (AvgIpc) is 1.55. The van der Waals surface area contributed by atoms with Crippen LogP contribution >= 0.6 is 15.6 Å². The molecule has 0 heterocycles. The Kier molecular flexibility index (Phi) is 67.4. The van der Waals surface area contributed by atoms with Gasteiger partial charge in [0.1, 0.15) is 19.3 Å². The van der Waals surface area contributed by atoms with Crippen LogP contribution in [0.4, 0.5) is 0 Å². The van der Waals surface area contributed by atoms with Gasteiger partial charge in [0.25, 0.3) is 0 Å². The molecule has 0 aliphatic carbocycles. The summed E-state index contributed by atoms with van der Waals surface area (Å²) in [6.07, 6.45) is 57.5. The summed E-state index contributed by atoms with van der Waals surface area (Å²) in [6.45, 7) is 9.49. The molecule has 570 valence electrons. The van der Waals surface area contributed by atoms with E-state index in [4.69, 9.17) is 37.0 Å². The Morgan fingerprint density at radius 3 is 0.708 bits per heavy atom. The molecule has 0 radical (unpaired) electrons. The number of carbonyl (C=O) groups excluding carboxylic acids is 4. The van der Waals surface area contributed by atoms with Gasteiger partial charge in [-0.15, -0.1) is 0 Å². The number of phosphoric acid groups is 2. The number of esters is 4. The van der Waals surface area contributed by atoms with Gasteiger partial charge in [0, 0.05) is 25.7 Å². The smallest absolute Gasteiger partial charge is 0.462 e. The molecular weight excluding hydrogens is 1260 g/mol. The predicted octanol–water partition coefficient (Wildman–Crippen LogP) is 22.7. The van der Waals surface area contributed by atoms with Crippen LogP contribution in [0.15, 0.2) is 0 Å². The molecule has 0 saturated heterocycles. The Morgan fingerprint density at radius 2 is 0.479 bits per heavy atom. The first-order valence-corrected chi connectivity index (χ1v) is 43.0. The van der Waals surface area contributed by atoms with Crippen LogP contribution in [0.25, 0.3) is 0 Å². The molecule has 0 bridgehead atoms. The molecule has 0 amide bonds. The monoisotopic (exact) mass is 1410 g/mol. The van der Waals surface area contributed by atoms with Crippen LogP contribution in [0.2, 0.25) is 0 Å². The normalized spacial score (nSPS) is 14.0. The van der Waals surface area contributed by atoms with Crippen molar-refractivity contribution in [2.24, 2.45) is 11.8 Å². The highest BCUT2D eigenvalue weighted by Gasteiger charge is 2.30. The molecule has 0 aliphatic heterocycles. The summed E-state index contributed by atoms with van der Waals surface area (Å²) in [6, 6.07) is 0. The van der Waals surface area contributed by atoms with Crippen molar-refractivity contribution in [1.29, 1.82) is 0 Å². The first-order chi connectivity index (χ1) is 46.4. The quantitative estimate of drug-likeness (QED) is 0.0222. The molecule has 0 aromatic heterocycles. The summed E-state index contributed by atoms with van der Waals surface area (Å²) < 4.78 is 68.3. The third-order valence-corrected chi connectivity index (χ3v) is 19.9. The first-order valence-electron chi connectivity index (χ1n) is 40.0. The van der Waals surface area contributed by atoms with Gasteiger partial charge in [-0.1, -0.05) is 350 Å². The number of aliphatic hydroxyl groups excluding tert-OH is 1. The molecule has 96 heavy (non-hydrogen) atoms. The molecule has 0 fully saturated rings. The Labute approximate surface area is 588 Å². The molecule has 17 nitrogen and oxygen atoms in total. The van der Waals surface area contributed by atoms with Crippen molar-refractivity contribution >= 4 is 39.5 Å². The first kappa shape index (κ1) is 94.1. The van der Waals surface area contributed by atoms with Gasteiger partial charge in [0.2, 0.25) is 0 Å². The fraction of sp³-hybridized carbons (Fsp3) is 0.948. The molecule has 5 atom stereocenters. The van der Waals surface area contributed by atoms with Crippen LogP contribution in [0.1, 0.15) is 401 Å². The van der Waals surface area contributed by atoms with Gasteiger partial charge in [-0.2, -0.15) is 0 Å². The Balaban J connectivity index is 5.13. The lowest BCUT2D eigenvalue weighted by Gasteiger charge is -2.21. The van der Waals surface area contributed by atoms with Gasteiger partial charge in [-0.05, 0) is 37.5 Å². The van der Waals surface area contributed by atoms with Crippen LogP contribution in [-0.2, 0) is 65.4 Å². The third kappa shape index (κ3) is 70.5. The van der Waals surface area contributed by atoms with Crippen LogP contribution in [-0.4, -0.2) is 96.7 Å². The number of rotatable bonds is 76. The van der Waals surface area contributed by atoms with Crippen LogP contribution < -0.4 is 0 Å². The maximum absolute atomic E-state index is 13.1. The molecule has 2 unspecified atom stereocenters. The highest BCUT2D eigenvalue weighted by molar-refractivity contribution is 7.47. The fourth-order valence-electron chi connectivity index (χ4n) is 11.8. The lowest BCUT2D eigenvalue weighted by molar-refractivity contribution is -0.161. The van der Waals surface area contributed by atoms with Crippen molar-refractivity contribution in [2.45, 2.75) is 419 Å². The topological polar surface area (TPSA) is 237 Å². The second kappa shape index (κ2) is 68.8. The Bertz CT molecular complexity index is 1860. The number of unbranched alkanes of at least 4 members (excludes halogenated alkanes) is 46. The number of hydrogen-bond acceptors (Lipinski definition) is 15. The summed E-state index contributed by atoms with van der Waals surface area (Å²) in [5.41, 5.74) is 0. The molecule has 0 spiro atoms. The molecule has 3 N–H and O–H groups in total. The Hall–Kier alpha value is -1.94. The van der Waals surface area contributed by atoms with Gasteiger partial charge < -0.3 is 33.8 Å². The third-order valence-electron chi connectivity index (χ3n) is 18.0. The number of phosphoric ester groups is 2. The molecule has 0 saturated carbocycles. The molecule has 0 aromatic carbocycles. The lowest BCUT2D eigenvalue weighted by atomic mass is 10.0. The van der Waals surface area contributed by atoms with E-state index in [9.17, 15) is 43.2 Å². The highest BCUT2D eigenvalue weighted by atomic mass is 31.2. The number of aliphatic hydroxyl groups is 1. The summed E-state index contributed by atoms with van der Waals surface area (Å²) in [5.74, 6) is -0.643. The van der Waals surface area contributed by atoms with Crippen molar-refractivity contribution in [3.05, 3.63) is 0 Å². The van der Waals surface area contributed by atoms with Gasteiger partial charge >= 0.3 is 39.5 Å². The summed E-state index contributed by atoms with van der Waals surface area (Å²) in [4.78, 5) is 72.6. The zero-order valence-electron chi connectivity index (χ0n) is 62.7. The van der Waals surface area contributed by atoms with E-state index in [2.05, 4.69) is 41.5 Å². The highest BCUT2D eigenvalue weighted by Crippen LogP contribution is 2.45. The zero-order valence-corrected chi connectivity index (χ0v) is 64.5. The lowest BCUT2D eigenvalue weighted by Crippen LogP contribution is -2.30. The summed E-state index contributed by atoms with van der Waals surface area (Å²) in [7, 11) is -9.90. The van der Waals surface area contributed by atoms with Crippen molar-refractivity contribution in [2.75, 3.05) is 39.6 Å². The van der Waals surface area contributed by atoms with E-state index < -0.39 is 97.5 Å². The minimum absolute atomic E-state index is 0.102. The van der Waals surface area contributed by atoms with Crippen molar-refractivity contribution in [3.8, 4) is 0 Å². The van der Waals surface area contributed by atoms with E-state index in [1.807, 2.05) is 0 Å². The molecule has 19 heteroatoms. The minimum atomic E-state index is -4.96. The molecular formula is C77H150O17P2. The van der Waals surface area contributed by atoms with Gasteiger partial charge in [0.15, 0.2) is 12.2 Å². The maximum atomic E-state index is 13.1. The fourth-order valence-corrected chi connectivity index (χ4v) is 13.4. The van der Waals surface area contributed by atoms with E-state index in [0.717, 1.165) is 109 Å². The van der Waals surface area contributed by atoms with Crippen molar-refractivity contribution in [3.63, 3.8) is 0 Å². The Morgan fingerprint density at radius 1 is 0.281 bits per heavy atom. The minimum Gasteiger partial charge on any atom is -0.462 e. The SMILES string of the molecule is CCCCCCCCCCCCCCCCCCCCCCCC(=O)O[C@H](COC(=O)CCCCCCCCCCCCCCCCCCC(C)C)COP(=O)(O)OC[C@@H](O)COP(=O)(O)OC[C@@H](COC(=O)CCCCCCCCC)OC(=O)CCCCCCCCC(C)C. The summed E-state index contributed by atoms with van der Waals surface area (Å²) >= 11 is 0. The van der Waals surface area contributed by atoms with Crippen LogP contribution in [0.5, 0.6) is 0 Å². The number of carbonyl (C=O) groups is 4. The van der Waals surface area contributed by atoms with Crippen LogP contribution in [0.3, 0.4) is 0 Å². The second-order valence-electron chi connectivity index (χ2n) is 28.7. The number of ether oxygens (including phenoxy) is 4. The predicted molar refractivity (Wildman–Crippen MR) is 391 cm³/mol. The van der Waals surface area contributed by atoms with Crippen LogP contribution in [0, 0.1) is 11.8 Å². The zero-order chi connectivity index (χ0) is 70.7. The molecule has 0 aromatic rings. The van der Waals surface area contributed by atoms with E-state index in [1.165, 1.54) is 205 Å². The number of hydrogen-bond donors (Lipinski definition) is 3. The van der Waals surface area contributed by atoms with Gasteiger partial charge in [0.05, 0.1) is 26.4 Å². The summed E-state index contributed by atoms with van der Waals surface area (Å²) in [5, 5.41) is 10.6. The van der Waals surface area contributed by atoms with E-state index >= 15 is 0 Å². The standard InChI is InChI=1S/C77H150O17P2/c1-7-9-11-13-15-16-17-18-19-20-21-22-23-24-29-32-35-38-42-49-55-61-76(81)93-72(66-88-75(80)60-54-48-41-37-34-31-28-26-25-27-30-33-36-40-45-51-57-69(3)4)67-91-95(83,84)89-63-71(78)64-90-96(85,86)92-68-73(65-87-74(79)59-53-47-39-14-12-10-8-2)94-77(82)62-56-50-44-43-46-52-58-70(5)6/h69-73,78H,7-68H2,1-6H3,(H,83,84)(H,85,86)/t71-,72-,73-/m1/s1. The largest absolute Gasteiger partial charge is 0.472 e.